The number of pyridine rings is 1. The molecule has 0 saturated carbocycles. The third-order valence-electron chi connectivity index (χ3n) is 3.51. The molecule has 21 heavy (non-hydrogen) atoms. The molecule has 0 fully saturated rings. The number of hydrogen-bond acceptors (Lipinski definition) is 3. The zero-order chi connectivity index (χ0) is 15.1. The summed E-state index contributed by atoms with van der Waals surface area (Å²) in [6.45, 7) is 6.38. The van der Waals surface area contributed by atoms with Gasteiger partial charge in [-0.2, -0.15) is 0 Å². The average Bonchev–Trinajstić information content (AvgIpc) is 2.55. The second kappa shape index (κ2) is 7.79. The molecule has 2 rings (SSSR count). The van der Waals surface area contributed by atoms with Crippen LogP contribution in [-0.2, 0) is 0 Å². The predicted molar refractivity (Wildman–Crippen MR) is 87.5 cm³/mol. The van der Waals surface area contributed by atoms with Gasteiger partial charge in [0.1, 0.15) is 11.9 Å². The van der Waals surface area contributed by atoms with E-state index in [4.69, 9.17) is 0 Å². The lowest BCUT2D eigenvalue weighted by Crippen LogP contribution is -2.25. The quantitative estimate of drug-likeness (QED) is 0.840. The second-order valence-electron chi connectivity index (χ2n) is 5.25. The highest BCUT2D eigenvalue weighted by Gasteiger charge is 2.12. The van der Waals surface area contributed by atoms with Gasteiger partial charge < -0.3 is 10.0 Å². The fourth-order valence-corrected chi connectivity index (χ4v) is 2.45. The minimum Gasteiger partial charge on any atom is -0.384 e. The van der Waals surface area contributed by atoms with E-state index in [1.807, 2.05) is 42.5 Å². The summed E-state index contributed by atoms with van der Waals surface area (Å²) in [5.74, 6) is 0.989. The Morgan fingerprint density at radius 2 is 1.62 bits per heavy atom. The van der Waals surface area contributed by atoms with Crippen LogP contribution in [0, 0.1) is 0 Å². The lowest BCUT2D eigenvalue weighted by atomic mass is 10.0. The topological polar surface area (TPSA) is 36.4 Å². The van der Waals surface area contributed by atoms with Crippen LogP contribution in [0.25, 0.3) is 0 Å². The first-order chi connectivity index (χ1) is 10.3. The maximum absolute atomic E-state index is 10.4. The molecule has 1 N–H and O–H groups in total. The summed E-state index contributed by atoms with van der Waals surface area (Å²) in [6.07, 6.45) is 3.39. The Labute approximate surface area is 127 Å². The summed E-state index contributed by atoms with van der Waals surface area (Å²) in [5, 5.41) is 10.4. The van der Waals surface area contributed by atoms with Crippen LogP contribution < -0.4 is 4.90 Å². The molecule has 0 aliphatic heterocycles. The van der Waals surface area contributed by atoms with Gasteiger partial charge in [0.05, 0.1) is 0 Å². The van der Waals surface area contributed by atoms with Gasteiger partial charge >= 0.3 is 0 Å². The molecule has 1 atom stereocenters. The largest absolute Gasteiger partial charge is 0.384 e. The Morgan fingerprint density at radius 1 is 0.952 bits per heavy atom. The smallest absolute Gasteiger partial charge is 0.128 e. The number of hydrogen-bond donors (Lipinski definition) is 1. The molecule has 0 amide bonds. The van der Waals surface area contributed by atoms with E-state index in [9.17, 15) is 5.11 Å². The van der Waals surface area contributed by atoms with E-state index in [2.05, 4.69) is 23.7 Å². The minimum atomic E-state index is -0.612. The van der Waals surface area contributed by atoms with Crippen LogP contribution in [0.2, 0.25) is 0 Å². The Kier molecular flexibility index (Phi) is 5.76. The molecule has 0 spiro atoms. The minimum absolute atomic E-state index is 0.612. The van der Waals surface area contributed by atoms with Gasteiger partial charge in [0.2, 0.25) is 0 Å². The average molecular weight is 284 g/mol. The maximum atomic E-state index is 10.4. The molecular weight excluding hydrogens is 260 g/mol. The zero-order valence-electron chi connectivity index (χ0n) is 12.9. The number of nitrogens with zero attached hydrogens (tertiary/aromatic N) is 2. The molecule has 1 aromatic heterocycles. The van der Waals surface area contributed by atoms with Crippen molar-refractivity contribution in [2.24, 2.45) is 0 Å². The summed E-state index contributed by atoms with van der Waals surface area (Å²) in [5.41, 5.74) is 1.73. The van der Waals surface area contributed by atoms with Crippen molar-refractivity contribution in [1.29, 1.82) is 0 Å². The van der Waals surface area contributed by atoms with Crippen LogP contribution >= 0.6 is 0 Å². The number of aliphatic hydroxyl groups excluding tert-OH is 1. The lowest BCUT2D eigenvalue weighted by Gasteiger charge is -2.23. The van der Waals surface area contributed by atoms with Crippen molar-refractivity contribution < 1.29 is 5.11 Å². The van der Waals surface area contributed by atoms with Gasteiger partial charge in [0, 0.05) is 24.8 Å². The standard InChI is InChI=1S/C18H24N2O/c1-3-12-20(13-4-2)17-11-10-16(14-19-17)18(21)15-8-6-5-7-9-15/h5-11,14,18,21H,3-4,12-13H2,1-2H3/t18-/m1/s1. The fourth-order valence-electron chi connectivity index (χ4n) is 2.45. The molecule has 0 aliphatic rings. The van der Waals surface area contributed by atoms with Gasteiger partial charge in [-0.05, 0) is 24.5 Å². The van der Waals surface area contributed by atoms with Gasteiger partial charge in [-0.25, -0.2) is 4.98 Å². The molecule has 3 nitrogen and oxygen atoms in total. The van der Waals surface area contributed by atoms with Gasteiger partial charge in [-0.1, -0.05) is 50.2 Å². The van der Waals surface area contributed by atoms with Crippen molar-refractivity contribution in [2.45, 2.75) is 32.8 Å². The third kappa shape index (κ3) is 4.05. The summed E-state index contributed by atoms with van der Waals surface area (Å²) >= 11 is 0. The van der Waals surface area contributed by atoms with Crippen LogP contribution in [0.5, 0.6) is 0 Å². The number of aliphatic hydroxyl groups is 1. The second-order valence-corrected chi connectivity index (χ2v) is 5.25. The van der Waals surface area contributed by atoms with Crippen molar-refractivity contribution >= 4 is 5.82 Å². The third-order valence-corrected chi connectivity index (χ3v) is 3.51. The zero-order valence-corrected chi connectivity index (χ0v) is 12.9. The highest BCUT2D eigenvalue weighted by molar-refractivity contribution is 5.41. The molecular formula is C18H24N2O. The van der Waals surface area contributed by atoms with Crippen molar-refractivity contribution in [1.82, 2.24) is 4.98 Å². The van der Waals surface area contributed by atoms with Crippen LogP contribution in [-0.4, -0.2) is 23.2 Å². The molecule has 3 heteroatoms. The van der Waals surface area contributed by atoms with Crippen LogP contribution in [0.15, 0.2) is 48.7 Å². The first-order valence-corrected chi connectivity index (χ1v) is 7.70. The molecule has 112 valence electrons. The van der Waals surface area contributed by atoms with E-state index in [-0.39, 0.29) is 0 Å². The summed E-state index contributed by atoms with van der Waals surface area (Å²) < 4.78 is 0. The number of rotatable bonds is 7. The van der Waals surface area contributed by atoms with Crippen molar-refractivity contribution in [3.8, 4) is 0 Å². The highest BCUT2D eigenvalue weighted by Crippen LogP contribution is 2.22. The van der Waals surface area contributed by atoms with Crippen molar-refractivity contribution in [3.05, 3.63) is 59.8 Å². The highest BCUT2D eigenvalue weighted by atomic mass is 16.3. The molecule has 1 aromatic carbocycles. The molecule has 2 aromatic rings. The van der Waals surface area contributed by atoms with E-state index in [0.717, 1.165) is 42.9 Å². The van der Waals surface area contributed by atoms with Gasteiger partial charge in [-0.15, -0.1) is 0 Å². The molecule has 0 bridgehead atoms. The van der Waals surface area contributed by atoms with E-state index >= 15 is 0 Å². The lowest BCUT2D eigenvalue weighted by molar-refractivity contribution is 0.220. The summed E-state index contributed by atoms with van der Waals surface area (Å²) in [7, 11) is 0. The van der Waals surface area contributed by atoms with E-state index in [1.54, 1.807) is 6.20 Å². The van der Waals surface area contributed by atoms with Gasteiger partial charge in [0.25, 0.3) is 0 Å². The molecule has 0 saturated heterocycles. The van der Waals surface area contributed by atoms with E-state index in [1.165, 1.54) is 0 Å². The van der Waals surface area contributed by atoms with Crippen molar-refractivity contribution in [3.63, 3.8) is 0 Å². The SMILES string of the molecule is CCCN(CCC)c1ccc([C@H](O)c2ccccc2)cn1. The Bertz CT molecular complexity index is 519. The van der Waals surface area contributed by atoms with Crippen LogP contribution in [0.1, 0.15) is 43.9 Å². The number of benzene rings is 1. The fraction of sp³-hybridized carbons (Fsp3) is 0.389. The Morgan fingerprint density at radius 3 is 2.14 bits per heavy atom. The van der Waals surface area contributed by atoms with Crippen LogP contribution in [0.3, 0.4) is 0 Å². The summed E-state index contributed by atoms with van der Waals surface area (Å²) in [6, 6.07) is 13.7. The monoisotopic (exact) mass is 284 g/mol. The normalized spacial score (nSPS) is 12.1. The van der Waals surface area contributed by atoms with E-state index < -0.39 is 6.10 Å². The first-order valence-electron chi connectivity index (χ1n) is 7.70. The first kappa shape index (κ1) is 15.5. The van der Waals surface area contributed by atoms with Gasteiger partial charge in [0.15, 0.2) is 0 Å². The Hall–Kier alpha value is -1.87. The predicted octanol–water partition coefficient (Wildman–Crippen LogP) is 3.79. The number of aromatic nitrogens is 1. The molecule has 0 unspecified atom stereocenters. The molecule has 0 radical (unpaired) electrons. The van der Waals surface area contributed by atoms with Gasteiger partial charge in [-0.3, -0.25) is 0 Å². The van der Waals surface area contributed by atoms with Crippen LogP contribution in [0.4, 0.5) is 5.82 Å². The van der Waals surface area contributed by atoms with Crippen molar-refractivity contribution in [2.75, 3.05) is 18.0 Å². The molecule has 0 aliphatic carbocycles. The molecule has 1 heterocycles. The summed E-state index contributed by atoms with van der Waals surface area (Å²) in [4.78, 5) is 6.82. The van der Waals surface area contributed by atoms with E-state index in [0.29, 0.717) is 0 Å². The Balaban J connectivity index is 2.14. The maximum Gasteiger partial charge on any atom is 0.128 e. The number of anilines is 1.